The minimum absolute atomic E-state index is 0.477. The highest BCUT2D eigenvalue weighted by Crippen LogP contribution is 2.30. The molecule has 0 aromatic rings. The van der Waals surface area contributed by atoms with Crippen LogP contribution in [0.15, 0.2) is 0 Å². The van der Waals surface area contributed by atoms with Crippen LogP contribution in [0.5, 0.6) is 0 Å². The van der Waals surface area contributed by atoms with Gasteiger partial charge in [0.2, 0.25) is 0 Å². The lowest BCUT2D eigenvalue weighted by Gasteiger charge is -2.32. The van der Waals surface area contributed by atoms with Crippen LogP contribution in [0.1, 0.15) is 40.0 Å². The van der Waals surface area contributed by atoms with Crippen molar-refractivity contribution >= 4 is 0 Å². The van der Waals surface area contributed by atoms with Gasteiger partial charge in [0.25, 0.3) is 0 Å². The monoisotopic (exact) mass is 212 g/mol. The average Bonchev–Trinajstić information content (AvgIpc) is 2.48. The summed E-state index contributed by atoms with van der Waals surface area (Å²) in [4.78, 5) is 4.79. The van der Waals surface area contributed by atoms with E-state index in [-0.39, 0.29) is 0 Å². The first-order chi connectivity index (χ1) is 6.91. The number of hydrogen-bond acceptors (Lipinski definition) is 2. The Morgan fingerprint density at radius 1 is 0.933 bits per heavy atom. The van der Waals surface area contributed by atoms with Crippen LogP contribution in [0.3, 0.4) is 0 Å². The SMILES string of the molecule is CN1CCC1.CN1CCCC1C(C)(C)C. The summed E-state index contributed by atoms with van der Waals surface area (Å²) in [5.41, 5.74) is 0.477. The van der Waals surface area contributed by atoms with Crippen LogP contribution in [0.25, 0.3) is 0 Å². The summed E-state index contributed by atoms with van der Waals surface area (Å²) in [6.45, 7) is 10.9. The molecule has 2 rings (SSSR count). The quantitative estimate of drug-likeness (QED) is 0.608. The van der Waals surface area contributed by atoms with Crippen molar-refractivity contribution in [3.05, 3.63) is 0 Å². The van der Waals surface area contributed by atoms with Crippen LogP contribution >= 0.6 is 0 Å². The van der Waals surface area contributed by atoms with Crippen molar-refractivity contribution in [2.75, 3.05) is 33.7 Å². The van der Waals surface area contributed by atoms with Crippen molar-refractivity contribution in [3.8, 4) is 0 Å². The van der Waals surface area contributed by atoms with Crippen molar-refractivity contribution in [2.24, 2.45) is 5.41 Å². The van der Waals surface area contributed by atoms with Crippen LogP contribution in [0, 0.1) is 5.41 Å². The maximum atomic E-state index is 2.49. The molecule has 15 heavy (non-hydrogen) atoms. The summed E-state index contributed by atoms with van der Waals surface area (Å²) in [6, 6.07) is 0.812. The summed E-state index contributed by atoms with van der Waals surface area (Å²) in [5.74, 6) is 0. The Labute approximate surface area is 95.6 Å². The van der Waals surface area contributed by atoms with Crippen LogP contribution in [0.4, 0.5) is 0 Å². The predicted molar refractivity (Wildman–Crippen MR) is 67.2 cm³/mol. The highest BCUT2D eigenvalue weighted by Gasteiger charge is 2.31. The third kappa shape index (κ3) is 4.12. The molecule has 0 aliphatic carbocycles. The molecule has 0 spiro atoms. The molecule has 0 radical (unpaired) electrons. The first-order valence-electron chi connectivity index (χ1n) is 6.30. The molecule has 2 nitrogen and oxygen atoms in total. The van der Waals surface area contributed by atoms with Gasteiger partial charge in [0.05, 0.1) is 0 Å². The summed E-state index contributed by atoms with van der Waals surface area (Å²) in [7, 11) is 4.38. The maximum absolute atomic E-state index is 2.49. The average molecular weight is 212 g/mol. The molecule has 0 aromatic heterocycles. The lowest BCUT2D eigenvalue weighted by Crippen LogP contribution is -2.36. The second-order valence-corrected chi connectivity index (χ2v) is 6.16. The number of hydrogen-bond donors (Lipinski definition) is 0. The second kappa shape index (κ2) is 5.31. The summed E-state index contributed by atoms with van der Waals surface area (Å²) < 4.78 is 0. The lowest BCUT2D eigenvalue weighted by molar-refractivity contribution is 0.169. The van der Waals surface area contributed by atoms with Crippen LogP contribution in [0.2, 0.25) is 0 Å². The fraction of sp³-hybridized carbons (Fsp3) is 1.00. The normalized spacial score (nSPS) is 28.2. The van der Waals surface area contributed by atoms with Crippen LogP contribution in [-0.2, 0) is 0 Å². The van der Waals surface area contributed by atoms with E-state index in [9.17, 15) is 0 Å². The first-order valence-corrected chi connectivity index (χ1v) is 6.30. The van der Waals surface area contributed by atoms with Gasteiger partial charge in [-0.2, -0.15) is 0 Å². The summed E-state index contributed by atoms with van der Waals surface area (Å²) in [5, 5.41) is 0. The van der Waals surface area contributed by atoms with Gasteiger partial charge in [-0.25, -0.2) is 0 Å². The van der Waals surface area contributed by atoms with Crippen molar-refractivity contribution in [1.29, 1.82) is 0 Å². The molecule has 1 atom stereocenters. The molecular weight excluding hydrogens is 184 g/mol. The zero-order chi connectivity index (χ0) is 11.5. The first kappa shape index (κ1) is 13.0. The highest BCUT2D eigenvalue weighted by molar-refractivity contribution is 4.85. The molecule has 0 N–H and O–H groups in total. The van der Waals surface area contributed by atoms with Crippen LogP contribution in [-0.4, -0.2) is 49.6 Å². The fourth-order valence-corrected chi connectivity index (χ4v) is 2.48. The standard InChI is InChI=1S/C9H19N.C4H9N/c1-9(2,3)8-6-5-7-10(8)4;1-5-3-2-4-5/h8H,5-7H2,1-4H3;2-4H2,1H3. The smallest absolute Gasteiger partial charge is 0.0141 e. The lowest BCUT2D eigenvalue weighted by atomic mass is 9.85. The molecular formula is C13H28N2. The number of likely N-dealkylation sites (tertiary alicyclic amines) is 2. The Morgan fingerprint density at radius 2 is 1.47 bits per heavy atom. The molecule has 0 aromatic carbocycles. The zero-order valence-electron chi connectivity index (χ0n) is 11.2. The molecule has 2 heterocycles. The molecule has 0 amide bonds. The molecule has 2 heteroatoms. The molecule has 1 unspecified atom stereocenters. The Balaban J connectivity index is 0.000000187. The van der Waals surface area contributed by atoms with Crippen molar-refractivity contribution in [3.63, 3.8) is 0 Å². The van der Waals surface area contributed by atoms with Crippen molar-refractivity contribution < 1.29 is 0 Å². The molecule has 2 saturated heterocycles. The van der Waals surface area contributed by atoms with E-state index in [2.05, 4.69) is 44.7 Å². The van der Waals surface area contributed by atoms with E-state index >= 15 is 0 Å². The predicted octanol–water partition coefficient (Wildman–Crippen LogP) is 2.45. The van der Waals surface area contributed by atoms with Crippen molar-refractivity contribution in [2.45, 2.75) is 46.1 Å². The van der Waals surface area contributed by atoms with Gasteiger partial charge in [0.15, 0.2) is 0 Å². The Morgan fingerprint density at radius 3 is 1.60 bits per heavy atom. The van der Waals surface area contributed by atoms with E-state index in [1.165, 1.54) is 38.9 Å². The van der Waals surface area contributed by atoms with Gasteiger partial charge >= 0.3 is 0 Å². The molecule has 0 bridgehead atoms. The minimum Gasteiger partial charge on any atom is -0.306 e. The molecule has 0 saturated carbocycles. The molecule has 2 fully saturated rings. The van der Waals surface area contributed by atoms with Gasteiger partial charge in [-0.3, -0.25) is 0 Å². The van der Waals surface area contributed by atoms with Gasteiger partial charge < -0.3 is 9.80 Å². The Kier molecular flexibility index (Phi) is 4.60. The zero-order valence-corrected chi connectivity index (χ0v) is 11.2. The van der Waals surface area contributed by atoms with Gasteiger partial charge in [-0.1, -0.05) is 20.8 Å². The Bertz CT molecular complexity index is 179. The van der Waals surface area contributed by atoms with Crippen LogP contribution < -0.4 is 0 Å². The second-order valence-electron chi connectivity index (χ2n) is 6.16. The third-order valence-corrected chi connectivity index (χ3v) is 3.60. The molecule has 2 aliphatic heterocycles. The van der Waals surface area contributed by atoms with E-state index in [1.807, 2.05) is 0 Å². The van der Waals surface area contributed by atoms with Gasteiger partial charge in [0.1, 0.15) is 0 Å². The maximum Gasteiger partial charge on any atom is 0.0141 e. The Hall–Kier alpha value is -0.0800. The van der Waals surface area contributed by atoms with Gasteiger partial charge in [-0.15, -0.1) is 0 Å². The number of nitrogens with zero attached hydrogens (tertiary/aromatic N) is 2. The third-order valence-electron chi connectivity index (χ3n) is 3.60. The van der Waals surface area contributed by atoms with E-state index in [0.29, 0.717) is 5.41 Å². The van der Waals surface area contributed by atoms with E-state index < -0.39 is 0 Å². The summed E-state index contributed by atoms with van der Waals surface area (Å²) >= 11 is 0. The highest BCUT2D eigenvalue weighted by atomic mass is 15.2. The summed E-state index contributed by atoms with van der Waals surface area (Å²) in [6.07, 6.45) is 4.19. The van der Waals surface area contributed by atoms with Gasteiger partial charge in [0, 0.05) is 6.04 Å². The molecule has 90 valence electrons. The van der Waals surface area contributed by atoms with Crippen molar-refractivity contribution in [1.82, 2.24) is 9.80 Å². The number of rotatable bonds is 0. The molecule has 2 aliphatic rings. The largest absolute Gasteiger partial charge is 0.306 e. The minimum atomic E-state index is 0.477. The fourth-order valence-electron chi connectivity index (χ4n) is 2.48. The topological polar surface area (TPSA) is 6.48 Å². The van der Waals surface area contributed by atoms with E-state index in [0.717, 1.165) is 6.04 Å². The van der Waals surface area contributed by atoms with E-state index in [4.69, 9.17) is 0 Å². The van der Waals surface area contributed by atoms with Gasteiger partial charge in [-0.05, 0) is 58.4 Å². The van der Waals surface area contributed by atoms with E-state index in [1.54, 1.807) is 0 Å².